The van der Waals surface area contributed by atoms with Gasteiger partial charge in [-0.3, -0.25) is 0 Å². The summed E-state index contributed by atoms with van der Waals surface area (Å²) in [6.07, 6.45) is 13.6. The Hall–Kier alpha value is -6.77. The Labute approximate surface area is 326 Å². The number of benzene rings is 6. The van der Waals surface area contributed by atoms with E-state index < -0.39 is 0 Å². The molecule has 0 bridgehead atoms. The second kappa shape index (κ2) is 12.1. The summed E-state index contributed by atoms with van der Waals surface area (Å²) >= 11 is 0. The van der Waals surface area contributed by atoms with Gasteiger partial charge < -0.3 is 4.57 Å². The fraction of sp³-hybridized carbons (Fsp3) is 0.0926. The second-order valence-corrected chi connectivity index (χ2v) is 15.6. The molecular weight excluding hydrogens is 677 g/mol. The number of allylic oxidation sites excluding steroid dienone is 4. The van der Waals surface area contributed by atoms with Crippen molar-refractivity contribution in [2.75, 3.05) is 0 Å². The number of nitrogens with zero attached hydrogens (tertiary/aromatic N) is 2. The molecule has 264 valence electrons. The predicted octanol–water partition coefficient (Wildman–Crippen LogP) is 13.5. The zero-order valence-corrected chi connectivity index (χ0v) is 31.3. The fourth-order valence-corrected chi connectivity index (χ4v) is 10.1. The third-order valence-corrected chi connectivity index (χ3v) is 12.6. The van der Waals surface area contributed by atoms with Crippen LogP contribution in [-0.4, -0.2) is 9.55 Å². The standard InChI is InChI=1S/C54H38N2/c1-33-47(32-44(55-54(33)39-18-9-4-10-19-39)36-26-24-35(25-27-36)34-14-5-2-6-15-34)56-45-30-28-38-20-13-23-43-48(37-16-7-3-8-17-37)50-41-22-12-11-21-40(41)42-29-31-46(56)53(51(42)50)52(45)49(38)43/h2-3,5-9,11-12,14-19,21-32H,4,10,13,20H2,1H3. The summed E-state index contributed by atoms with van der Waals surface area (Å²) in [6, 6.07) is 51.7. The fourth-order valence-electron chi connectivity index (χ4n) is 10.1. The molecule has 0 unspecified atom stereocenters. The smallest absolute Gasteiger partial charge is 0.0756 e. The molecule has 0 saturated carbocycles. The van der Waals surface area contributed by atoms with Crippen molar-refractivity contribution in [3.8, 4) is 50.3 Å². The Morgan fingerprint density at radius 3 is 1.98 bits per heavy atom. The van der Waals surface area contributed by atoms with Crippen LogP contribution < -0.4 is 5.22 Å². The van der Waals surface area contributed by atoms with Gasteiger partial charge in [-0.05, 0) is 122 Å². The molecule has 0 fully saturated rings. The zero-order chi connectivity index (χ0) is 36.9. The van der Waals surface area contributed by atoms with Crippen molar-refractivity contribution in [1.29, 1.82) is 0 Å². The molecular formula is C54H38N2. The van der Waals surface area contributed by atoms with Gasteiger partial charge in [0, 0.05) is 21.9 Å². The van der Waals surface area contributed by atoms with Crippen molar-refractivity contribution >= 4 is 55.0 Å². The molecule has 4 aliphatic carbocycles. The van der Waals surface area contributed by atoms with E-state index in [0.717, 1.165) is 42.6 Å². The minimum atomic E-state index is 0.987. The molecule has 0 spiro atoms. The Balaban J connectivity index is 1.21. The Kier molecular flexibility index (Phi) is 6.83. The van der Waals surface area contributed by atoms with Crippen LogP contribution in [0.15, 0.2) is 158 Å². The van der Waals surface area contributed by atoms with Crippen molar-refractivity contribution < 1.29 is 0 Å². The van der Waals surface area contributed by atoms with E-state index in [4.69, 9.17) is 4.98 Å². The molecule has 2 heterocycles. The quantitative estimate of drug-likeness (QED) is 0.174. The van der Waals surface area contributed by atoms with Crippen LogP contribution in [0.1, 0.15) is 36.1 Å². The minimum absolute atomic E-state index is 0.987. The van der Waals surface area contributed by atoms with Gasteiger partial charge in [0.2, 0.25) is 0 Å². The van der Waals surface area contributed by atoms with Crippen LogP contribution in [0, 0.1) is 6.92 Å². The van der Waals surface area contributed by atoms with Gasteiger partial charge in [-0.15, -0.1) is 0 Å². The number of fused-ring (bicyclic) bond motifs is 3. The molecule has 0 aliphatic heterocycles. The lowest BCUT2D eigenvalue weighted by atomic mass is 9.90. The van der Waals surface area contributed by atoms with Crippen molar-refractivity contribution in [2.24, 2.45) is 0 Å². The maximum Gasteiger partial charge on any atom is 0.0756 e. The lowest BCUT2D eigenvalue weighted by Gasteiger charge is -2.19. The van der Waals surface area contributed by atoms with E-state index >= 15 is 0 Å². The molecule has 2 heteroatoms. The van der Waals surface area contributed by atoms with E-state index in [2.05, 4.69) is 175 Å². The van der Waals surface area contributed by atoms with Crippen LogP contribution in [0.3, 0.4) is 0 Å². The number of aromatic nitrogens is 2. The van der Waals surface area contributed by atoms with Crippen LogP contribution in [0.5, 0.6) is 0 Å². The van der Waals surface area contributed by atoms with Crippen molar-refractivity contribution in [3.05, 3.63) is 180 Å². The summed E-state index contributed by atoms with van der Waals surface area (Å²) in [5, 5.41) is 9.50. The molecule has 56 heavy (non-hydrogen) atoms. The lowest BCUT2D eigenvalue weighted by Crippen LogP contribution is -2.12. The second-order valence-electron chi connectivity index (χ2n) is 15.6. The average Bonchev–Trinajstić information content (AvgIpc) is 3.73. The third kappa shape index (κ3) is 4.47. The van der Waals surface area contributed by atoms with Gasteiger partial charge in [-0.25, -0.2) is 4.98 Å². The summed E-state index contributed by atoms with van der Waals surface area (Å²) in [7, 11) is 0. The third-order valence-electron chi connectivity index (χ3n) is 12.6. The molecule has 2 aromatic heterocycles. The lowest BCUT2D eigenvalue weighted by molar-refractivity contribution is 1.03. The van der Waals surface area contributed by atoms with Crippen molar-refractivity contribution in [1.82, 2.24) is 9.55 Å². The normalized spacial score (nSPS) is 14.1. The van der Waals surface area contributed by atoms with Crippen LogP contribution in [0.25, 0.3) is 105 Å². The average molecular weight is 715 g/mol. The molecule has 4 aliphatic rings. The molecule has 8 aromatic rings. The molecule has 6 aromatic carbocycles. The Bertz CT molecular complexity index is 3270. The molecule has 2 nitrogen and oxygen atoms in total. The Morgan fingerprint density at radius 1 is 0.518 bits per heavy atom. The highest BCUT2D eigenvalue weighted by atomic mass is 15.0. The topological polar surface area (TPSA) is 17.8 Å². The zero-order valence-electron chi connectivity index (χ0n) is 31.3. The molecule has 0 atom stereocenters. The van der Waals surface area contributed by atoms with E-state index in [1.807, 2.05) is 0 Å². The highest BCUT2D eigenvalue weighted by Crippen LogP contribution is 2.52. The summed E-state index contributed by atoms with van der Waals surface area (Å²) < 4.78 is 2.57. The van der Waals surface area contributed by atoms with Crippen LogP contribution in [0.4, 0.5) is 0 Å². The van der Waals surface area contributed by atoms with Crippen LogP contribution in [-0.2, 0) is 6.42 Å². The SMILES string of the molecule is Cc1c(-n2c3ccc4c5c3c3c6c(ccc32)CCC=c6c(-c2ccccc2)c-5c2ccccc24)cc(-c2ccc(-c3ccccc3)cc2)nc1C1=CCCC=C1. The number of rotatable bonds is 5. The van der Waals surface area contributed by atoms with Gasteiger partial charge in [-0.2, -0.15) is 0 Å². The number of aryl methyl sites for hydroxylation is 1. The maximum atomic E-state index is 5.47. The maximum absolute atomic E-state index is 5.47. The van der Waals surface area contributed by atoms with Gasteiger partial charge >= 0.3 is 0 Å². The molecule has 0 amide bonds. The van der Waals surface area contributed by atoms with E-state index in [-0.39, 0.29) is 0 Å². The van der Waals surface area contributed by atoms with Crippen LogP contribution >= 0.6 is 0 Å². The van der Waals surface area contributed by atoms with Gasteiger partial charge in [0.25, 0.3) is 0 Å². The van der Waals surface area contributed by atoms with Gasteiger partial charge in [0.15, 0.2) is 0 Å². The highest BCUT2D eigenvalue weighted by Gasteiger charge is 2.30. The van der Waals surface area contributed by atoms with E-state index in [9.17, 15) is 0 Å². The van der Waals surface area contributed by atoms with Crippen molar-refractivity contribution in [2.45, 2.75) is 32.6 Å². The summed E-state index contributed by atoms with van der Waals surface area (Å²) in [5.74, 6) is 0. The van der Waals surface area contributed by atoms with Gasteiger partial charge in [-0.1, -0.05) is 146 Å². The van der Waals surface area contributed by atoms with Crippen LogP contribution in [0.2, 0.25) is 0 Å². The largest absolute Gasteiger partial charge is 0.309 e. The highest BCUT2D eigenvalue weighted by molar-refractivity contribution is 6.34. The van der Waals surface area contributed by atoms with Gasteiger partial charge in [0.05, 0.1) is 28.1 Å². The molecule has 0 saturated heterocycles. The summed E-state index contributed by atoms with van der Waals surface area (Å²) in [5.41, 5.74) is 18.5. The predicted molar refractivity (Wildman–Crippen MR) is 237 cm³/mol. The summed E-state index contributed by atoms with van der Waals surface area (Å²) in [6.45, 7) is 2.28. The molecule has 12 rings (SSSR count). The Morgan fingerprint density at radius 2 is 1.20 bits per heavy atom. The number of hydrogen-bond acceptors (Lipinski definition) is 1. The van der Waals surface area contributed by atoms with E-state index in [0.29, 0.717) is 0 Å². The van der Waals surface area contributed by atoms with Crippen molar-refractivity contribution in [3.63, 3.8) is 0 Å². The van der Waals surface area contributed by atoms with E-state index in [1.165, 1.54) is 104 Å². The first kappa shape index (κ1) is 31.6. The monoisotopic (exact) mass is 714 g/mol. The summed E-state index contributed by atoms with van der Waals surface area (Å²) in [4.78, 5) is 5.47. The number of pyridine rings is 1. The first-order valence-electron chi connectivity index (χ1n) is 20.0. The molecule has 0 N–H and O–H groups in total. The number of hydrogen-bond donors (Lipinski definition) is 0. The first-order chi connectivity index (χ1) is 27.7. The van der Waals surface area contributed by atoms with E-state index in [1.54, 1.807) is 0 Å². The minimum Gasteiger partial charge on any atom is -0.309 e. The molecule has 0 radical (unpaired) electrons. The first-order valence-corrected chi connectivity index (χ1v) is 20.0. The van der Waals surface area contributed by atoms with Gasteiger partial charge in [0.1, 0.15) is 0 Å².